The van der Waals surface area contributed by atoms with Crippen LogP contribution >= 0.6 is 7.82 Å². The number of phosphoric acid groups is 1. The van der Waals surface area contributed by atoms with E-state index >= 15 is 0 Å². The van der Waals surface area contributed by atoms with E-state index in [-0.39, 0.29) is 44.8 Å². The predicted octanol–water partition coefficient (Wildman–Crippen LogP) is 9.17. The van der Waals surface area contributed by atoms with Gasteiger partial charge in [-0.05, 0) is 19.8 Å². The van der Waals surface area contributed by atoms with Crippen molar-refractivity contribution in [2.75, 3.05) is 54.1 Å². The Morgan fingerprint density at radius 2 is 1.05 bits per heavy atom. The summed E-state index contributed by atoms with van der Waals surface area (Å²) in [6, 6.07) is 0. The highest BCUT2D eigenvalue weighted by Gasteiger charge is 2.30. The molecule has 44 heavy (non-hydrogen) atoms. The molecule has 0 rings (SSSR count). The molecule has 1 unspecified atom stereocenters. The monoisotopic (exact) mass is 650 g/mol. The van der Waals surface area contributed by atoms with Crippen molar-refractivity contribution in [1.29, 1.82) is 0 Å². The van der Waals surface area contributed by atoms with Crippen LogP contribution in [0, 0.1) is 0 Å². The Hall–Kier alpha value is -0.990. The summed E-state index contributed by atoms with van der Waals surface area (Å²) < 4.78 is 41.3. The molecule has 0 aromatic heterocycles. The van der Waals surface area contributed by atoms with Gasteiger partial charge in [0.15, 0.2) is 6.10 Å². The minimum absolute atomic E-state index is 0.137. The van der Waals surface area contributed by atoms with E-state index in [2.05, 4.69) is 13.8 Å². The van der Waals surface area contributed by atoms with Gasteiger partial charge in [0.1, 0.15) is 19.8 Å². The Kier molecular flexibility index (Phi) is 27.6. The van der Waals surface area contributed by atoms with Crippen LogP contribution in [0.4, 0.5) is 0 Å². The summed E-state index contributed by atoms with van der Waals surface area (Å²) in [6.45, 7) is 6.65. The van der Waals surface area contributed by atoms with Crippen LogP contribution in [0.1, 0.15) is 149 Å². The lowest BCUT2D eigenvalue weighted by Crippen LogP contribution is -2.37. The zero-order valence-electron chi connectivity index (χ0n) is 29.4. The number of likely N-dealkylation sites (N-methyl/N-ethyl adjacent to an activating group) is 1. The van der Waals surface area contributed by atoms with E-state index in [0.717, 1.165) is 38.5 Å². The largest absolute Gasteiger partial charge is 0.475 e. The Labute approximate surface area is 270 Å². The summed E-state index contributed by atoms with van der Waals surface area (Å²) in [7, 11) is 2.13. The Bertz CT molecular complexity index is 743. The van der Waals surface area contributed by atoms with Gasteiger partial charge in [0, 0.05) is 12.8 Å². The molecule has 0 amide bonds. The molecule has 9 nitrogen and oxygen atoms in total. The summed E-state index contributed by atoms with van der Waals surface area (Å²) in [4.78, 5) is 25.1. The molecule has 2 atom stereocenters. The topological polar surface area (TPSA) is 97.4 Å². The SMILES string of the molecule is CCCCCCCCCCCC(=O)OC[C@H](COP(=O)(OCC)OCC[N+](C)(C)C)OC(=O)CCCCCCCCCCC. The molecule has 10 heteroatoms. The number of carbonyl (C=O) groups excluding carboxylic acids is 2. The van der Waals surface area contributed by atoms with Gasteiger partial charge >= 0.3 is 19.8 Å². The maximum atomic E-state index is 13.2. The second-order valence-corrected chi connectivity index (χ2v) is 14.6. The summed E-state index contributed by atoms with van der Waals surface area (Å²) in [5, 5.41) is 0. The molecule has 0 aromatic carbocycles. The summed E-state index contributed by atoms with van der Waals surface area (Å²) in [5.41, 5.74) is 0. The van der Waals surface area contributed by atoms with E-state index in [9.17, 15) is 14.2 Å². The third-order valence-corrected chi connectivity index (χ3v) is 8.95. The van der Waals surface area contributed by atoms with Crippen LogP contribution in [0.2, 0.25) is 0 Å². The molecule has 0 N–H and O–H groups in total. The van der Waals surface area contributed by atoms with Gasteiger partial charge in [0.25, 0.3) is 0 Å². The van der Waals surface area contributed by atoms with Crippen molar-refractivity contribution in [2.24, 2.45) is 0 Å². The minimum atomic E-state index is -3.87. The van der Waals surface area contributed by atoms with Crippen molar-refractivity contribution < 1.29 is 41.7 Å². The minimum Gasteiger partial charge on any atom is -0.462 e. The molecule has 0 saturated carbocycles. The van der Waals surface area contributed by atoms with Crippen molar-refractivity contribution >= 4 is 19.8 Å². The Morgan fingerprint density at radius 1 is 0.591 bits per heavy atom. The van der Waals surface area contributed by atoms with Gasteiger partial charge in [-0.3, -0.25) is 23.2 Å². The summed E-state index contributed by atoms with van der Waals surface area (Å²) in [5.74, 6) is -0.714. The predicted molar refractivity (Wildman–Crippen MR) is 179 cm³/mol. The maximum Gasteiger partial charge on any atom is 0.475 e. The van der Waals surface area contributed by atoms with Crippen LogP contribution in [0.5, 0.6) is 0 Å². The number of esters is 2. The Balaban J connectivity index is 4.73. The average Bonchev–Trinajstić information content (AvgIpc) is 2.96. The maximum absolute atomic E-state index is 13.2. The molecule has 262 valence electrons. The van der Waals surface area contributed by atoms with E-state index in [1.54, 1.807) is 6.92 Å². The van der Waals surface area contributed by atoms with Gasteiger partial charge in [-0.15, -0.1) is 0 Å². The van der Waals surface area contributed by atoms with Gasteiger partial charge in [-0.1, -0.05) is 117 Å². The number of phosphoric ester groups is 1. The number of ether oxygens (including phenoxy) is 2. The molecule has 0 aliphatic heterocycles. The number of hydrogen-bond acceptors (Lipinski definition) is 8. The lowest BCUT2D eigenvalue weighted by atomic mass is 10.1. The first-order valence-electron chi connectivity index (χ1n) is 17.7. The van der Waals surface area contributed by atoms with Gasteiger partial charge in [-0.2, -0.15) is 0 Å². The van der Waals surface area contributed by atoms with Crippen molar-refractivity contribution in [3.8, 4) is 0 Å². The standard InChI is InChI=1S/C34H69NO8P/c1-7-10-12-14-16-18-20-22-24-26-33(36)39-30-32(31-42-44(38,40-9-3)41-29-28-35(4,5)6)43-34(37)27-25-23-21-19-17-15-13-11-8-2/h32H,7-31H2,1-6H3/q+1/t32-,44?/m1/s1. The number of quaternary nitrogens is 1. The molecule has 0 aliphatic rings. The van der Waals surface area contributed by atoms with Gasteiger partial charge in [0.05, 0.1) is 34.4 Å². The number of rotatable bonds is 32. The molecular weight excluding hydrogens is 581 g/mol. The van der Waals surface area contributed by atoms with Crippen LogP contribution < -0.4 is 0 Å². The second-order valence-electron chi connectivity index (χ2n) is 13.0. The number of nitrogens with zero attached hydrogens (tertiary/aromatic N) is 1. The van der Waals surface area contributed by atoms with E-state index in [1.807, 2.05) is 21.1 Å². The molecule has 0 aliphatic carbocycles. The van der Waals surface area contributed by atoms with Crippen LogP contribution in [0.25, 0.3) is 0 Å². The van der Waals surface area contributed by atoms with Crippen molar-refractivity contribution in [1.82, 2.24) is 0 Å². The third kappa shape index (κ3) is 28.5. The van der Waals surface area contributed by atoms with Gasteiger partial charge in [-0.25, -0.2) is 4.57 Å². The molecule has 0 heterocycles. The highest BCUT2D eigenvalue weighted by molar-refractivity contribution is 7.48. The summed E-state index contributed by atoms with van der Waals surface area (Å²) in [6.07, 6.45) is 20.5. The molecular formula is C34H69NO8P+. The number of carbonyl (C=O) groups is 2. The third-order valence-electron chi connectivity index (χ3n) is 7.41. The zero-order valence-corrected chi connectivity index (χ0v) is 30.3. The number of hydrogen-bond donors (Lipinski definition) is 0. The molecule has 0 fully saturated rings. The van der Waals surface area contributed by atoms with Crippen LogP contribution in [-0.4, -0.2) is 76.6 Å². The fourth-order valence-electron chi connectivity index (χ4n) is 4.65. The van der Waals surface area contributed by atoms with E-state index in [4.69, 9.17) is 23.0 Å². The summed E-state index contributed by atoms with van der Waals surface area (Å²) >= 11 is 0. The first-order valence-corrected chi connectivity index (χ1v) is 19.2. The zero-order chi connectivity index (χ0) is 32.9. The normalized spacial score (nSPS) is 13.9. The van der Waals surface area contributed by atoms with Crippen LogP contribution in [0.15, 0.2) is 0 Å². The second kappa shape index (κ2) is 28.3. The molecule has 0 aromatic rings. The lowest BCUT2D eigenvalue weighted by molar-refractivity contribution is -0.870. The fraction of sp³-hybridized carbons (Fsp3) is 0.941. The highest BCUT2D eigenvalue weighted by Crippen LogP contribution is 2.49. The molecule has 0 saturated heterocycles. The van der Waals surface area contributed by atoms with Crippen molar-refractivity contribution in [3.05, 3.63) is 0 Å². The van der Waals surface area contributed by atoms with Crippen molar-refractivity contribution in [3.63, 3.8) is 0 Å². The van der Waals surface area contributed by atoms with Crippen LogP contribution in [0.3, 0.4) is 0 Å². The number of unbranched alkanes of at least 4 members (excludes halogenated alkanes) is 16. The highest BCUT2D eigenvalue weighted by atomic mass is 31.2. The van der Waals surface area contributed by atoms with Gasteiger partial charge < -0.3 is 14.0 Å². The van der Waals surface area contributed by atoms with E-state index in [1.165, 1.54) is 77.0 Å². The molecule has 0 radical (unpaired) electrons. The molecule has 0 spiro atoms. The first-order chi connectivity index (χ1) is 21.0. The van der Waals surface area contributed by atoms with Gasteiger partial charge in [0.2, 0.25) is 0 Å². The van der Waals surface area contributed by atoms with E-state index in [0.29, 0.717) is 17.4 Å². The van der Waals surface area contributed by atoms with Crippen LogP contribution in [-0.2, 0) is 37.2 Å². The Morgan fingerprint density at radius 3 is 1.50 bits per heavy atom. The lowest BCUT2D eigenvalue weighted by Gasteiger charge is -2.25. The van der Waals surface area contributed by atoms with Crippen molar-refractivity contribution in [2.45, 2.75) is 155 Å². The quantitative estimate of drug-likeness (QED) is 0.0308. The molecule has 0 bridgehead atoms. The van der Waals surface area contributed by atoms with E-state index < -0.39 is 13.9 Å². The fourth-order valence-corrected chi connectivity index (χ4v) is 5.84. The smallest absolute Gasteiger partial charge is 0.462 e. The average molecular weight is 651 g/mol. The first kappa shape index (κ1) is 43.0.